The molecule has 0 aliphatic carbocycles. The zero-order chi connectivity index (χ0) is 26.8. The van der Waals surface area contributed by atoms with Gasteiger partial charge in [0.2, 0.25) is 25.4 Å². The lowest BCUT2D eigenvalue weighted by molar-refractivity contribution is 0.0490. The molecule has 0 bridgehead atoms. The van der Waals surface area contributed by atoms with E-state index in [2.05, 4.69) is 15.0 Å². The minimum atomic E-state index is -4.22. The fourth-order valence-electron chi connectivity index (χ4n) is 3.74. The van der Waals surface area contributed by atoms with Crippen LogP contribution < -0.4 is 38.5 Å². The van der Waals surface area contributed by atoms with Crippen molar-refractivity contribution >= 4 is 24.9 Å². The Hall–Kier alpha value is -4.46. The molecule has 0 amide bonds. The predicted octanol–water partition coefficient (Wildman–Crippen LogP) is 3.13. The molecule has 2 aromatic carbocycles. The van der Waals surface area contributed by atoms with Crippen LogP contribution in [0.25, 0.3) is 11.2 Å². The molecule has 0 atom stereocenters. The third-order valence-corrected chi connectivity index (χ3v) is 6.84. The van der Waals surface area contributed by atoms with E-state index in [0.29, 0.717) is 34.2 Å². The number of anilines is 1. The molecule has 2 aliphatic rings. The van der Waals surface area contributed by atoms with E-state index in [1.165, 1.54) is 25.6 Å². The van der Waals surface area contributed by atoms with Crippen LogP contribution in [-0.2, 0) is 20.6 Å². The number of imidazole rings is 1. The first-order valence-electron chi connectivity index (χ1n) is 11.5. The molecule has 4 aromatic rings. The van der Waals surface area contributed by atoms with Gasteiger partial charge in [0.15, 0.2) is 34.2 Å². The van der Waals surface area contributed by atoms with Crippen LogP contribution in [0.4, 0.5) is 5.95 Å². The Balaban J connectivity index is 1.13. The van der Waals surface area contributed by atoms with Crippen LogP contribution in [0.3, 0.4) is 0 Å². The summed E-state index contributed by atoms with van der Waals surface area (Å²) in [6.45, 7) is 0.0940. The van der Waals surface area contributed by atoms with Crippen LogP contribution in [0.5, 0.6) is 40.4 Å². The summed E-state index contributed by atoms with van der Waals surface area (Å²) in [4.78, 5) is 12.4. The van der Waals surface area contributed by atoms with Gasteiger partial charge in [0.25, 0.3) is 0 Å². The number of nitrogens with zero attached hydrogens (tertiary/aromatic N) is 4. The standard InChI is InChI=1S/C23H22N5O10P/c1-30-22-20-21(26-23(24)27-22)28(10-25-20)11-31-6-7-36-39(29,37-14-2-4-16-18(8-14)34-12-32-16)38-15-3-5-17-19(9-15)35-13-33-17/h2-5,8-10H,6-7,11-13H2,1H3,(H2,24,26,27). The Morgan fingerprint density at radius 3 is 2.21 bits per heavy atom. The van der Waals surface area contributed by atoms with E-state index in [-0.39, 0.29) is 56.9 Å². The summed E-state index contributed by atoms with van der Waals surface area (Å²) in [5.41, 5.74) is 6.62. The van der Waals surface area contributed by atoms with Crippen molar-refractivity contribution in [1.29, 1.82) is 0 Å². The summed E-state index contributed by atoms with van der Waals surface area (Å²) in [5.74, 6) is 2.65. The molecular formula is C23H22N5O10P. The Kier molecular flexibility index (Phi) is 6.60. The maximum Gasteiger partial charge on any atom is 0.587 e. The normalized spacial score (nSPS) is 13.6. The maximum atomic E-state index is 13.7. The van der Waals surface area contributed by atoms with E-state index in [1.54, 1.807) is 28.8 Å². The molecule has 16 heteroatoms. The summed E-state index contributed by atoms with van der Waals surface area (Å²) < 4.78 is 64.5. The number of fused-ring (bicyclic) bond motifs is 3. The van der Waals surface area contributed by atoms with Crippen LogP contribution in [0.15, 0.2) is 42.7 Å². The summed E-state index contributed by atoms with van der Waals surface area (Å²) in [5, 5.41) is 0. The molecule has 0 radical (unpaired) electrons. The van der Waals surface area contributed by atoms with Gasteiger partial charge >= 0.3 is 7.82 Å². The zero-order valence-corrected chi connectivity index (χ0v) is 21.4. The number of hydrogen-bond donors (Lipinski definition) is 1. The third-order valence-electron chi connectivity index (χ3n) is 5.47. The summed E-state index contributed by atoms with van der Waals surface area (Å²) in [6.07, 6.45) is 1.51. The van der Waals surface area contributed by atoms with Gasteiger partial charge in [-0.25, -0.2) is 9.55 Å². The SMILES string of the molecule is COc1nc(N)nc2c1ncn2COCCOP(=O)(Oc1ccc2c(c1)OCO2)Oc1ccc2c(c1)OCO2. The number of nitrogen functional groups attached to an aromatic ring is 1. The molecule has 15 nitrogen and oxygen atoms in total. The molecular weight excluding hydrogens is 537 g/mol. The predicted molar refractivity (Wildman–Crippen MR) is 132 cm³/mol. The number of nitrogens with two attached hydrogens (primary N) is 1. The second-order valence-electron chi connectivity index (χ2n) is 8.01. The molecule has 0 saturated heterocycles. The molecule has 6 rings (SSSR count). The number of phosphoric acid groups is 1. The van der Waals surface area contributed by atoms with Gasteiger partial charge in [-0.2, -0.15) is 9.97 Å². The van der Waals surface area contributed by atoms with Gasteiger partial charge < -0.3 is 43.2 Å². The van der Waals surface area contributed by atoms with Crippen molar-refractivity contribution in [2.45, 2.75) is 6.73 Å². The van der Waals surface area contributed by atoms with Crippen LogP contribution in [-0.4, -0.2) is 53.4 Å². The van der Waals surface area contributed by atoms with Gasteiger partial charge in [0.1, 0.15) is 18.2 Å². The highest BCUT2D eigenvalue weighted by atomic mass is 31.2. The highest BCUT2D eigenvalue weighted by Crippen LogP contribution is 2.52. The van der Waals surface area contributed by atoms with E-state index in [0.717, 1.165) is 0 Å². The molecule has 0 saturated carbocycles. The first-order chi connectivity index (χ1) is 19.0. The molecule has 2 aliphatic heterocycles. The Morgan fingerprint density at radius 2 is 1.56 bits per heavy atom. The molecule has 204 valence electrons. The Morgan fingerprint density at radius 1 is 0.923 bits per heavy atom. The van der Waals surface area contributed by atoms with E-state index in [9.17, 15) is 4.57 Å². The highest BCUT2D eigenvalue weighted by molar-refractivity contribution is 7.49. The highest BCUT2D eigenvalue weighted by Gasteiger charge is 2.32. The quantitative estimate of drug-likeness (QED) is 0.210. The van der Waals surface area contributed by atoms with E-state index in [1.807, 2.05) is 0 Å². The Bertz CT molecular complexity index is 1500. The number of rotatable bonds is 11. The molecule has 2 N–H and O–H groups in total. The summed E-state index contributed by atoms with van der Waals surface area (Å²) >= 11 is 0. The van der Waals surface area contributed by atoms with Gasteiger partial charge in [0, 0.05) is 12.1 Å². The number of aromatic nitrogens is 4. The smallest absolute Gasteiger partial charge is 0.479 e. The maximum absolute atomic E-state index is 13.7. The van der Waals surface area contributed by atoms with Crippen LogP contribution in [0.2, 0.25) is 0 Å². The topological polar surface area (TPSA) is 170 Å². The average Bonchev–Trinajstić information content (AvgIpc) is 3.67. The lowest BCUT2D eigenvalue weighted by atomic mass is 10.3. The average molecular weight is 559 g/mol. The largest absolute Gasteiger partial charge is 0.587 e. The Labute approximate surface area is 220 Å². The van der Waals surface area contributed by atoms with Crippen molar-refractivity contribution < 1.29 is 46.6 Å². The zero-order valence-electron chi connectivity index (χ0n) is 20.5. The second-order valence-corrected chi connectivity index (χ2v) is 9.53. The third kappa shape index (κ3) is 5.27. The number of hydrogen-bond acceptors (Lipinski definition) is 14. The number of methoxy groups -OCH3 is 1. The fraction of sp³-hybridized carbons (Fsp3) is 0.261. The van der Waals surface area contributed by atoms with Crippen LogP contribution in [0.1, 0.15) is 0 Å². The number of ether oxygens (including phenoxy) is 6. The lowest BCUT2D eigenvalue weighted by Gasteiger charge is -2.19. The summed E-state index contributed by atoms with van der Waals surface area (Å²) in [7, 11) is -2.75. The van der Waals surface area contributed by atoms with Crippen molar-refractivity contribution in [2.75, 3.05) is 39.6 Å². The van der Waals surface area contributed by atoms with Gasteiger partial charge in [0.05, 0.1) is 26.7 Å². The van der Waals surface area contributed by atoms with Gasteiger partial charge in [-0.1, -0.05) is 0 Å². The molecule has 39 heavy (non-hydrogen) atoms. The van der Waals surface area contributed by atoms with Crippen molar-refractivity contribution in [2.24, 2.45) is 0 Å². The van der Waals surface area contributed by atoms with Gasteiger partial charge in [-0.3, -0.25) is 9.09 Å². The van der Waals surface area contributed by atoms with Crippen LogP contribution >= 0.6 is 7.82 Å². The van der Waals surface area contributed by atoms with E-state index in [4.69, 9.17) is 47.7 Å². The monoisotopic (exact) mass is 559 g/mol. The fourth-order valence-corrected chi connectivity index (χ4v) is 4.92. The van der Waals surface area contributed by atoms with Crippen molar-refractivity contribution in [3.05, 3.63) is 42.7 Å². The van der Waals surface area contributed by atoms with E-state index < -0.39 is 7.82 Å². The molecule has 0 spiro atoms. The number of phosphoric ester groups is 1. The van der Waals surface area contributed by atoms with Crippen molar-refractivity contribution in [1.82, 2.24) is 19.5 Å². The second kappa shape index (κ2) is 10.4. The molecule has 4 heterocycles. The molecule has 2 aromatic heterocycles. The lowest BCUT2D eigenvalue weighted by Crippen LogP contribution is -2.11. The minimum absolute atomic E-state index is 0.0242. The van der Waals surface area contributed by atoms with Crippen molar-refractivity contribution in [3.63, 3.8) is 0 Å². The molecule has 0 unspecified atom stereocenters. The van der Waals surface area contributed by atoms with Gasteiger partial charge in [-0.05, 0) is 24.3 Å². The molecule has 0 fully saturated rings. The first-order valence-corrected chi connectivity index (χ1v) is 13.0. The number of benzene rings is 2. The summed E-state index contributed by atoms with van der Waals surface area (Å²) in [6, 6.07) is 9.45. The van der Waals surface area contributed by atoms with Crippen molar-refractivity contribution in [3.8, 4) is 40.4 Å². The minimum Gasteiger partial charge on any atom is -0.479 e. The first kappa shape index (κ1) is 24.9. The van der Waals surface area contributed by atoms with Gasteiger partial charge in [-0.15, -0.1) is 0 Å². The van der Waals surface area contributed by atoms with Crippen LogP contribution in [0, 0.1) is 0 Å². The van der Waals surface area contributed by atoms with E-state index >= 15 is 0 Å².